The predicted molar refractivity (Wildman–Crippen MR) is 49.7 cm³/mol. The van der Waals surface area contributed by atoms with Crippen LogP contribution in [0.3, 0.4) is 0 Å². The van der Waals surface area contributed by atoms with Crippen LogP contribution in [-0.4, -0.2) is 23.1 Å². The molecule has 2 heterocycles. The van der Waals surface area contributed by atoms with Crippen LogP contribution in [0.15, 0.2) is 11.6 Å². The molecule has 0 aromatic rings. The van der Waals surface area contributed by atoms with Gasteiger partial charge in [-0.25, -0.2) is 0 Å². The molecule has 3 rings (SSSR count). The van der Waals surface area contributed by atoms with Gasteiger partial charge >= 0.3 is 11.9 Å². The Labute approximate surface area is 87.2 Å². The Kier molecular flexibility index (Phi) is 1.25. The summed E-state index contributed by atoms with van der Waals surface area (Å²) < 4.78 is 10.6. The number of carbonyl (C=O) groups is 2. The Hall–Kier alpha value is -1.32. The molecular weight excluding hydrogens is 196 g/mol. The van der Waals surface area contributed by atoms with Crippen molar-refractivity contribution in [2.75, 3.05) is 0 Å². The third kappa shape index (κ3) is 0.758. The second-order valence-electron chi connectivity index (χ2n) is 4.92. The first-order valence-corrected chi connectivity index (χ1v) is 5.04. The second-order valence-corrected chi connectivity index (χ2v) is 4.92. The quantitative estimate of drug-likeness (QED) is 0.336. The number of esters is 2. The number of hydrogen-bond acceptors (Lipinski definition) is 4. The summed E-state index contributed by atoms with van der Waals surface area (Å²) in [4.78, 5) is 23.2. The minimum Gasteiger partial charge on any atom is -0.454 e. The maximum Gasteiger partial charge on any atom is 0.321 e. The van der Waals surface area contributed by atoms with Gasteiger partial charge in [0, 0.05) is 0 Å². The van der Waals surface area contributed by atoms with E-state index in [1.54, 1.807) is 0 Å². The summed E-state index contributed by atoms with van der Waals surface area (Å²) in [6.07, 6.45) is 1.90. The topological polar surface area (TPSA) is 52.6 Å². The van der Waals surface area contributed by atoms with E-state index in [1.165, 1.54) is 0 Å². The molecule has 0 spiro atoms. The molecule has 0 saturated carbocycles. The molecule has 4 nitrogen and oxygen atoms in total. The molecular formula is C11H12O4. The van der Waals surface area contributed by atoms with Crippen LogP contribution in [0, 0.1) is 11.8 Å². The van der Waals surface area contributed by atoms with Crippen molar-refractivity contribution in [3.63, 3.8) is 0 Å². The van der Waals surface area contributed by atoms with Crippen LogP contribution in [0.5, 0.6) is 0 Å². The van der Waals surface area contributed by atoms with Gasteiger partial charge in [0.1, 0.15) is 11.2 Å². The first kappa shape index (κ1) is 8.95. The van der Waals surface area contributed by atoms with Crippen LogP contribution in [0.25, 0.3) is 0 Å². The minimum absolute atomic E-state index is 0.190. The van der Waals surface area contributed by atoms with Gasteiger partial charge in [0.2, 0.25) is 0 Å². The van der Waals surface area contributed by atoms with Gasteiger partial charge in [0.05, 0.1) is 5.92 Å². The summed E-state index contributed by atoms with van der Waals surface area (Å²) in [6, 6.07) is 0. The molecule has 2 saturated heterocycles. The molecule has 0 N–H and O–H groups in total. The van der Waals surface area contributed by atoms with Crippen molar-refractivity contribution in [2.24, 2.45) is 11.8 Å². The third-order valence-electron chi connectivity index (χ3n) is 3.97. The minimum atomic E-state index is -0.728. The van der Waals surface area contributed by atoms with Crippen LogP contribution < -0.4 is 0 Å². The average Bonchev–Trinajstić information content (AvgIpc) is 2.57. The first-order valence-electron chi connectivity index (χ1n) is 5.04. The zero-order valence-corrected chi connectivity index (χ0v) is 8.87. The van der Waals surface area contributed by atoms with Crippen molar-refractivity contribution in [2.45, 2.75) is 32.0 Å². The van der Waals surface area contributed by atoms with Crippen molar-refractivity contribution < 1.29 is 19.1 Å². The van der Waals surface area contributed by atoms with Crippen molar-refractivity contribution in [1.29, 1.82) is 0 Å². The van der Waals surface area contributed by atoms with Crippen LogP contribution in [-0.2, 0) is 19.1 Å². The highest BCUT2D eigenvalue weighted by molar-refractivity contribution is 6.00. The monoisotopic (exact) mass is 208 g/mol. The van der Waals surface area contributed by atoms with E-state index in [4.69, 9.17) is 9.47 Å². The highest BCUT2D eigenvalue weighted by Gasteiger charge is 2.72. The zero-order valence-electron chi connectivity index (χ0n) is 8.87. The molecule has 2 fully saturated rings. The Morgan fingerprint density at radius 2 is 1.80 bits per heavy atom. The summed E-state index contributed by atoms with van der Waals surface area (Å²) in [6.45, 7) is 5.61. The molecule has 4 heteroatoms. The standard InChI is InChI=1S/C11H12O4/c1-5-4-10(2)7-6(8(12)14-10)9(13)15-11(5,7)3/h4,6-7H,1-3H3/t6-,7+,10+,11-/m1/s1. The Bertz CT molecular complexity index is 424. The van der Waals surface area contributed by atoms with Gasteiger partial charge in [-0.1, -0.05) is 0 Å². The average molecular weight is 208 g/mol. The van der Waals surface area contributed by atoms with E-state index in [9.17, 15) is 9.59 Å². The summed E-state index contributed by atoms with van der Waals surface area (Å²) in [7, 11) is 0. The van der Waals surface area contributed by atoms with E-state index < -0.39 is 29.1 Å². The lowest BCUT2D eigenvalue weighted by molar-refractivity contribution is -0.159. The van der Waals surface area contributed by atoms with Crippen molar-refractivity contribution >= 4 is 11.9 Å². The Morgan fingerprint density at radius 1 is 1.20 bits per heavy atom. The fourth-order valence-electron chi connectivity index (χ4n) is 3.26. The molecule has 4 atom stereocenters. The number of hydrogen-bond donors (Lipinski definition) is 0. The van der Waals surface area contributed by atoms with Gasteiger partial charge in [-0.15, -0.1) is 0 Å². The molecule has 15 heavy (non-hydrogen) atoms. The van der Waals surface area contributed by atoms with Crippen LogP contribution >= 0.6 is 0 Å². The highest BCUT2D eigenvalue weighted by Crippen LogP contribution is 2.58. The van der Waals surface area contributed by atoms with E-state index in [2.05, 4.69) is 0 Å². The van der Waals surface area contributed by atoms with Gasteiger partial charge in [0.15, 0.2) is 5.92 Å². The summed E-state index contributed by atoms with van der Waals surface area (Å²) in [5.41, 5.74) is -0.339. The fraction of sp³-hybridized carbons (Fsp3) is 0.636. The largest absolute Gasteiger partial charge is 0.454 e. The second kappa shape index (κ2) is 2.10. The smallest absolute Gasteiger partial charge is 0.321 e. The van der Waals surface area contributed by atoms with Crippen LogP contribution in [0.2, 0.25) is 0 Å². The van der Waals surface area contributed by atoms with Gasteiger partial charge in [-0.05, 0) is 32.4 Å². The third-order valence-corrected chi connectivity index (χ3v) is 3.97. The lowest BCUT2D eigenvalue weighted by Gasteiger charge is -2.28. The van der Waals surface area contributed by atoms with Crippen LogP contribution in [0.4, 0.5) is 0 Å². The molecule has 0 aromatic carbocycles. The Balaban J connectivity index is 2.22. The van der Waals surface area contributed by atoms with Gasteiger partial charge < -0.3 is 9.47 Å². The maximum absolute atomic E-state index is 11.6. The zero-order chi connectivity index (χ0) is 11.0. The maximum atomic E-state index is 11.6. The Morgan fingerprint density at radius 3 is 2.47 bits per heavy atom. The summed E-state index contributed by atoms with van der Waals surface area (Å²) in [5, 5.41) is 0. The fourth-order valence-corrected chi connectivity index (χ4v) is 3.26. The number of carbonyl (C=O) groups excluding carboxylic acids is 2. The molecule has 0 radical (unpaired) electrons. The SMILES string of the molecule is CC1=C[C@]2(C)OC(=O)[C@@H]3C(=O)O[C@@]1(C)[C@@H]32. The highest BCUT2D eigenvalue weighted by atomic mass is 16.6. The van der Waals surface area contributed by atoms with E-state index in [1.807, 2.05) is 26.8 Å². The lowest BCUT2D eigenvalue weighted by atomic mass is 9.78. The molecule has 3 aliphatic rings. The van der Waals surface area contributed by atoms with E-state index in [0.29, 0.717) is 0 Å². The van der Waals surface area contributed by atoms with Crippen molar-refractivity contribution in [3.05, 3.63) is 11.6 Å². The molecule has 2 aliphatic heterocycles. The summed E-state index contributed by atoms with van der Waals surface area (Å²) >= 11 is 0. The molecule has 0 aromatic heterocycles. The molecule has 80 valence electrons. The number of ether oxygens (including phenoxy) is 2. The van der Waals surface area contributed by atoms with Crippen LogP contribution in [0.1, 0.15) is 20.8 Å². The van der Waals surface area contributed by atoms with Crippen molar-refractivity contribution in [1.82, 2.24) is 0 Å². The normalized spacial score (nSPS) is 51.3. The van der Waals surface area contributed by atoms with E-state index in [-0.39, 0.29) is 5.92 Å². The first-order chi connectivity index (χ1) is 6.88. The van der Waals surface area contributed by atoms with Crippen molar-refractivity contribution in [3.8, 4) is 0 Å². The predicted octanol–water partition coefficient (Wildman–Crippen LogP) is 0.810. The molecule has 0 bridgehead atoms. The lowest BCUT2D eigenvalue weighted by Crippen LogP contribution is -2.38. The van der Waals surface area contributed by atoms with E-state index >= 15 is 0 Å². The number of rotatable bonds is 0. The van der Waals surface area contributed by atoms with Gasteiger partial charge in [0.25, 0.3) is 0 Å². The van der Waals surface area contributed by atoms with E-state index in [0.717, 1.165) is 5.57 Å². The molecule has 0 unspecified atom stereocenters. The molecule has 0 amide bonds. The van der Waals surface area contributed by atoms with Gasteiger partial charge in [-0.2, -0.15) is 0 Å². The van der Waals surface area contributed by atoms with Gasteiger partial charge in [-0.3, -0.25) is 9.59 Å². The molecule has 1 aliphatic carbocycles. The summed E-state index contributed by atoms with van der Waals surface area (Å²) in [5.74, 6) is -1.80.